The molecule has 0 saturated carbocycles. The van der Waals surface area contributed by atoms with Gasteiger partial charge in [-0.25, -0.2) is 12.8 Å². The number of rotatable bonds is 5. The fourth-order valence-electron chi connectivity index (χ4n) is 2.74. The Hall–Kier alpha value is -2.67. The molecule has 2 aromatic carbocycles. The zero-order chi connectivity index (χ0) is 18.9. The zero-order valence-electron chi connectivity index (χ0n) is 14.6. The van der Waals surface area contributed by atoms with E-state index in [1.165, 1.54) is 31.4 Å². The van der Waals surface area contributed by atoms with E-state index in [2.05, 4.69) is 5.16 Å². The van der Waals surface area contributed by atoms with Crippen molar-refractivity contribution >= 4 is 9.84 Å². The van der Waals surface area contributed by atoms with E-state index in [0.717, 1.165) is 17.4 Å². The molecule has 136 valence electrons. The summed E-state index contributed by atoms with van der Waals surface area (Å²) >= 11 is 0. The Kier molecular flexibility index (Phi) is 4.82. The van der Waals surface area contributed by atoms with Crippen molar-refractivity contribution in [2.24, 2.45) is 0 Å². The molecular formula is C19H18FNO4S. The molecule has 3 aromatic rings. The number of hydrogen-bond acceptors (Lipinski definition) is 5. The predicted octanol–water partition coefficient (Wildman–Crippen LogP) is 4.12. The first-order chi connectivity index (χ1) is 12.3. The fourth-order valence-corrected chi connectivity index (χ4v) is 3.37. The third kappa shape index (κ3) is 3.35. The van der Waals surface area contributed by atoms with Gasteiger partial charge in [0.15, 0.2) is 21.4 Å². The van der Waals surface area contributed by atoms with Gasteiger partial charge in [-0.2, -0.15) is 0 Å². The van der Waals surface area contributed by atoms with E-state index < -0.39 is 15.7 Å². The van der Waals surface area contributed by atoms with Crippen molar-refractivity contribution < 1.29 is 22.1 Å². The molecule has 0 aliphatic carbocycles. The first kappa shape index (κ1) is 18.1. The maximum Gasteiger partial charge on any atom is 0.175 e. The molecule has 0 atom stereocenters. The second-order valence-electron chi connectivity index (χ2n) is 5.83. The number of aromatic nitrogens is 1. The standard InChI is InChI=1S/C19H18FNO4S/c1-4-16-18(12-5-8-14(9-6-12)26(3,22)23)19(21-25-16)13-7-10-17(24-2)15(20)11-13/h5-11H,4H2,1-3H3. The third-order valence-corrected chi connectivity index (χ3v) is 5.21. The third-order valence-electron chi connectivity index (χ3n) is 4.08. The van der Waals surface area contributed by atoms with E-state index in [0.29, 0.717) is 23.4 Å². The first-order valence-corrected chi connectivity index (χ1v) is 9.87. The Labute approximate surface area is 151 Å². The molecule has 0 saturated heterocycles. The summed E-state index contributed by atoms with van der Waals surface area (Å²) in [7, 11) is -1.88. The van der Waals surface area contributed by atoms with Gasteiger partial charge in [0.2, 0.25) is 0 Å². The van der Waals surface area contributed by atoms with Crippen LogP contribution < -0.4 is 4.74 Å². The van der Waals surface area contributed by atoms with Crippen LogP contribution in [-0.2, 0) is 16.3 Å². The highest BCUT2D eigenvalue weighted by atomic mass is 32.2. The lowest BCUT2D eigenvalue weighted by Gasteiger charge is -2.07. The summed E-state index contributed by atoms with van der Waals surface area (Å²) in [6.07, 6.45) is 1.75. The minimum atomic E-state index is -3.28. The Balaban J connectivity index is 2.13. The van der Waals surface area contributed by atoms with E-state index in [9.17, 15) is 12.8 Å². The summed E-state index contributed by atoms with van der Waals surface area (Å²) < 4.78 is 47.8. The van der Waals surface area contributed by atoms with Gasteiger partial charge in [-0.1, -0.05) is 24.2 Å². The largest absolute Gasteiger partial charge is 0.494 e. The zero-order valence-corrected chi connectivity index (χ0v) is 15.4. The minimum Gasteiger partial charge on any atom is -0.494 e. The van der Waals surface area contributed by atoms with Crippen LogP contribution in [0, 0.1) is 5.82 Å². The molecule has 7 heteroatoms. The van der Waals surface area contributed by atoms with E-state index in [1.54, 1.807) is 18.2 Å². The molecule has 0 aliphatic rings. The predicted molar refractivity (Wildman–Crippen MR) is 96.4 cm³/mol. The van der Waals surface area contributed by atoms with Crippen LogP contribution in [0.1, 0.15) is 12.7 Å². The van der Waals surface area contributed by atoms with Crippen LogP contribution in [0.2, 0.25) is 0 Å². The summed E-state index contributed by atoms with van der Waals surface area (Å²) in [4.78, 5) is 0.229. The van der Waals surface area contributed by atoms with Crippen molar-refractivity contribution in [2.75, 3.05) is 13.4 Å². The average Bonchev–Trinajstić information content (AvgIpc) is 3.05. The molecule has 5 nitrogen and oxygen atoms in total. The number of aryl methyl sites for hydroxylation is 1. The van der Waals surface area contributed by atoms with Crippen LogP contribution in [0.3, 0.4) is 0 Å². The lowest BCUT2D eigenvalue weighted by molar-refractivity contribution is 0.385. The Bertz CT molecular complexity index is 1040. The summed E-state index contributed by atoms with van der Waals surface area (Å²) in [6, 6.07) is 11.0. The number of hydrogen-bond donors (Lipinski definition) is 0. The molecular weight excluding hydrogens is 357 g/mol. The van der Waals surface area contributed by atoms with Gasteiger partial charge in [-0.05, 0) is 35.9 Å². The van der Waals surface area contributed by atoms with E-state index >= 15 is 0 Å². The van der Waals surface area contributed by atoms with Gasteiger partial charge in [0, 0.05) is 18.2 Å². The minimum absolute atomic E-state index is 0.145. The van der Waals surface area contributed by atoms with Gasteiger partial charge in [0.25, 0.3) is 0 Å². The summed E-state index contributed by atoms with van der Waals surface area (Å²) in [6.45, 7) is 1.92. The Morgan fingerprint density at radius 1 is 1.12 bits per heavy atom. The normalized spacial score (nSPS) is 11.5. The highest BCUT2D eigenvalue weighted by Crippen LogP contribution is 2.36. The quantitative estimate of drug-likeness (QED) is 0.671. The van der Waals surface area contributed by atoms with Crippen LogP contribution >= 0.6 is 0 Å². The fraction of sp³-hybridized carbons (Fsp3) is 0.211. The van der Waals surface area contributed by atoms with Crippen molar-refractivity contribution in [3.63, 3.8) is 0 Å². The first-order valence-electron chi connectivity index (χ1n) is 7.98. The van der Waals surface area contributed by atoms with Crippen molar-refractivity contribution in [2.45, 2.75) is 18.2 Å². The lowest BCUT2D eigenvalue weighted by atomic mass is 9.98. The van der Waals surface area contributed by atoms with Gasteiger partial charge in [0.1, 0.15) is 11.5 Å². The number of nitrogens with zero attached hydrogens (tertiary/aromatic N) is 1. The van der Waals surface area contributed by atoms with Crippen LogP contribution in [0.15, 0.2) is 51.9 Å². The molecule has 0 amide bonds. The molecule has 0 N–H and O–H groups in total. The van der Waals surface area contributed by atoms with Crippen LogP contribution in [0.5, 0.6) is 5.75 Å². The average molecular weight is 375 g/mol. The summed E-state index contributed by atoms with van der Waals surface area (Å²) in [5.74, 6) is 0.291. The van der Waals surface area contributed by atoms with E-state index in [4.69, 9.17) is 9.26 Å². The van der Waals surface area contributed by atoms with Gasteiger partial charge in [-0.3, -0.25) is 0 Å². The number of halogens is 1. The van der Waals surface area contributed by atoms with Crippen LogP contribution in [-0.4, -0.2) is 26.9 Å². The molecule has 1 heterocycles. The van der Waals surface area contributed by atoms with Gasteiger partial charge >= 0.3 is 0 Å². The van der Waals surface area contributed by atoms with Crippen LogP contribution in [0.4, 0.5) is 4.39 Å². The molecule has 26 heavy (non-hydrogen) atoms. The Morgan fingerprint density at radius 2 is 1.77 bits per heavy atom. The molecule has 0 aliphatic heterocycles. The van der Waals surface area contributed by atoms with Crippen molar-refractivity contribution in [1.82, 2.24) is 5.16 Å². The number of methoxy groups -OCH3 is 1. The second-order valence-corrected chi connectivity index (χ2v) is 7.84. The van der Waals surface area contributed by atoms with Crippen molar-refractivity contribution in [1.29, 1.82) is 0 Å². The van der Waals surface area contributed by atoms with Crippen molar-refractivity contribution in [3.8, 4) is 28.1 Å². The number of benzene rings is 2. The number of sulfone groups is 1. The topological polar surface area (TPSA) is 69.4 Å². The Morgan fingerprint density at radius 3 is 2.31 bits per heavy atom. The molecule has 3 rings (SSSR count). The maximum atomic E-state index is 14.1. The smallest absolute Gasteiger partial charge is 0.175 e. The van der Waals surface area contributed by atoms with Gasteiger partial charge in [0.05, 0.1) is 17.6 Å². The molecule has 0 bridgehead atoms. The molecule has 0 spiro atoms. The van der Waals surface area contributed by atoms with Crippen LogP contribution in [0.25, 0.3) is 22.4 Å². The summed E-state index contributed by atoms with van der Waals surface area (Å²) in [5.41, 5.74) is 2.52. The highest BCUT2D eigenvalue weighted by Gasteiger charge is 2.20. The second kappa shape index (κ2) is 6.92. The van der Waals surface area contributed by atoms with E-state index in [-0.39, 0.29) is 10.6 Å². The van der Waals surface area contributed by atoms with E-state index in [1.807, 2.05) is 6.92 Å². The molecule has 0 fully saturated rings. The SMILES string of the molecule is CCc1onc(-c2ccc(OC)c(F)c2)c1-c1ccc(S(C)(=O)=O)cc1. The highest BCUT2D eigenvalue weighted by molar-refractivity contribution is 7.90. The monoisotopic (exact) mass is 375 g/mol. The van der Waals surface area contributed by atoms with Gasteiger partial charge < -0.3 is 9.26 Å². The summed E-state index contributed by atoms with van der Waals surface area (Å²) in [5, 5.41) is 4.10. The number of ether oxygens (including phenoxy) is 1. The van der Waals surface area contributed by atoms with Crippen molar-refractivity contribution in [3.05, 3.63) is 54.0 Å². The molecule has 0 radical (unpaired) electrons. The van der Waals surface area contributed by atoms with Gasteiger partial charge in [-0.15, -0.1) is 0 Å². The lowest BCUT2D eigenvalue weighted by Crippen LogP contribution is -1.96. The molecule has 1 aromatic heterocycles. The maximum absolute atomic E-state index is 14.1. The molecule has 0 unspecified atom stereocenters.